The van der Waals surface area contributed by atoms with Crippen LogP contribution >= 0.6 is 0 Å². The lowest BCUT2D eigenvalue weighted by molar-refractivity contribution is 0.212. The molecule has 1 rings (SSSR count). The summed E-state index contributed by atoms with van der Waals surface area (Å²) in [5, 5.41) is 7.09. The first-order valence-electron chi connectivity index (χ1n) is 6.10. The first-order valence-corrected chi connectivity index (χ1v) is 6.10. The predicted octanol–water partition coefficient (Wildman–Crippen LogP) is 2.15. The molecule has 1 aliphatic heterocycles. The van der Waals surface area contributed by atoms with E-state index in [-0.39, 0.29) is 0 Å². The lowest BCUT2D eigenvalue weighted by Crippen LogP contribution is -2.43. The SMILES string of the molecule is CCCC(C)NCC1(C)CCNCC1. The summed E-state index contributed by atoms with van der Waals surface area (Å²) in [4.78, 5) is 0. The van der Waals surface area contributed by atoms with Crippen LogP contribution in [-0.4, -0.2) is 25.7 Å². The average molecular weight is 198 g/mol. The fraction of sp³-hybridized carbons (Fsp3) is 1.00. The van der Waals surface area contributed by atoms with E-state index in [1.807, 2.05) is 0 Å². The molecule has 1 heterocycles. The molecule has 1 atom stereocenters. The lowest BCUT2D eigenvalue weighted by atomic mass is 9.81. The van der Waals surface area contributed by atoms with Gasteiger partial charge in [0.1, 0.15) is 0 Å². The van der Waals surface area contributed by atoms with E-state index in [0.717, 1.165) is 0 Å². The maximum absolute atomic E-state index is 3.67. The summed E-state index contributed by atoms with van der Waals surface area (Å²) in [6.45, 7) is 10.5. The summed E-state index contributed by atoms with van der Waals surface area (Å²) in [5.41, 5.74) is 0.535. The van der Waals surface area contributed by atoms with Crippen molar-refractivity contribution in [3.63, 3.8) is 0 Å². The van der Waals surface area contributed by atoms with Crippen molar-refractivity contribution < 1.29 is 0 Å². The summed E-state index contributed by atoms with van der Waals surface area (Å²) in [6, 6.07) is 0.687. The molecule has 0 aromatic rings. The minimum absolute atomic E-state index is 0.535. The van der Waals surface area contributed by atoms with Crippen LogP contribution < -0.4 is 10.6 Å². The Morgan fingerprint density at radius 2 is 2.00 bits per heavy atom. The monoisotopic (exact) mass is 198 g/mol. The van der Waals surface area contributed by atoms with Gasteiger partial charge in [-0.1, -0.05) is 20.3 Å². The van der Waals surface area contributed by atoms with Crippen LogP contribution in [0.3, 0.4) is 0 Å². The van der Waals surface area contributed by atoms with E-state index in [1.54, 1.807) is 0 Å². The minimum atomic E-state index is 0.535. The molecule has 0 aliphatic carbocycles. The van der Waals surface area contributed by atoms with Crippen molar-refractivity contribution in [1.82, 2.24) is 10.6 Å². The second-order valence-corrected chi connectivity index (χ2v) is 5.13. The van der Waals surface area contributed by atoms with E-state index < -0.39 is 0 Å². The quantitative estimate of drug-likeness (QED) is 0.707. The molecule has 0 aromatic carbocycles. The highest BCUT2D eigenvalue weighted by molar-refractivity contribution is 4.83. The second-order valence-electron chi connectivity index (χ2n) is 5.13. The van der Waals surface area contributed by atoms with E-state index in [1.165, 1.54) is 45.3 Å². The van der Waals surface area contributed by atoms with Crippen molar-refractivity contribution >= 4 is 0 Å². The Labute approximate surface area is 88.8 Å². The number of hydrogen-bond donors (Lipinski definition) is 2. The third-order valence-corrected chi connectivity index (χ3v) is 3.41. The molecular formula is C12H26N2. The normalized spacial score (nSPS) is 23.4. The van der Waals surface area contributed by atoms with E-state index in [4.69, 9.17) is 0 Å². The van der Waals surface area contributed by atoms with Gasteiger partial charge in [-0.3, -0.25) is 0 Å². The van der Waals surface area contributed by atoms with Crippen molar-refractivity contribution in [3.8, 4) is 0 Å². The molecular weight excluding hydrogens is 172 g/mol. The Balaban J connectivity index is 2.21. The Morgan fingerprint density at radius 1 is 1.36 bits per heavy atom. The fourth-order valence-corrected chi connectivity index (χ4v) is 2.16. The van der Waals surface area contributed by atoms with Crippen LogP contribution in [0, 0.1) is 5.41 Å². The molecule has 14 heavy (non-hydrogen) atoms. The standard InChI is InChI=1S/C12H26N2/c1-4-5-11(2)14-10-12(3)6-8-13-9-7-12/h11,13-14H,4-10H2,1-3H3. The first kappa shape index (κ1) is 12.0. The van der Waals surface area contributed by atoms with Gasteiger partial charge in [-0.05, 0) is 44.7 Å². The van der Waals surface area contributed by atoms with E-state index in [9.17, 15) is 0 Å². The summed E-state index contributed by atoms with van der Waals surface area (Å²) in [6.07, 6.45) is 5.22. The van der Waals surface area contributed by atoms with Gasteiger partial charge in [-0.25, -0.2) is 0 Å². The van der Waals surface area contributed by atoms with Gasteiger partial charge in [-0.15, -0.1) is 0 Å². The zero-order valence-corrected chi connectivity index (χ0v) is 10.0. The highest BCUT2D eigenvalue weighted by atomic mass is 14.9. The second kappa shape index (κ2) is 5.72. The molecule has 1 unspecified atom stereocenters. The largest absolute Gasteiger partial charge is 0.317 e. The number of hydrogen-bond acceptors (Lipinski definition) is 2. The summed E-state index contributed by atoms with van der Waals surface area (Å²) >= 11 is 0. The van der Waals surface area contributed by atoms with Gasteiger partial charge < -0.3 is 10.6 Å². The maximum Gasteiger partial charge on any atom is 0.00388 e. The Morgan fingerprint density at radius 3 is 2.57 bits per heavy atom. The summed E-state index contributed by atoms with van der Waals surface area (Å²) < 4.78 is 0. The molecule has 0 amide bonds. The van der Waals surface area contributed by atoms with Crippen LogP contribution in [0.1, 0.15) is 46.5 Å². The molecule has 2 nitrogen and oxygen atoms in total. The fourth-order valence-electron chi connectivity index (χ4n) is 2.16. The van der Waals surface area contributed by atoms with Crippen molar-refractivity contribution in [2.24, 2.45) is 5.41 Å². The van der Waals surface area contributed by atoms with Gasteiger partial charge in [0.2, 0.25) is 0 Å². The van der Waals surface area contributed by atoms with Crippen LogP contribution in [0.5, 0.6) is 0 Å². The zero-order chi connectivity index (χ0) is 10.4. The van der Waals surface area contributed by atoms with Gasteiger partial charge >= 0.3 is 0 Å². The maximum atomic E-state index is 3.67. The molecule has 0 spiro atoms. The van der Waals surface area contributed by atoms with E-state index >= 15 is 0 Å². The Bertz CT molecular complexity index is 150. The third kappa shape index (κ3) is 3.97. The van der Waals surface area contributed by atoms with E-state index in [0.29, 0.717) is 11.5 Å². The molecule has 1 aliphatic rings. The van der Waals surface area contributed by atoms with Crippen molar-refractivity contribution in [2.75, 3.05) is 19.6 Å². The van der Waals surface area contributed by atoms with Crippen LogP contribution in [0.4, 0.5) is 0 Å². The Hall–Kier alpha value is -0.0800. The van der Waals surface area contributed by atoms with Gasteiger partial charge in [-0.2, -0.15) is 0 Å². The van der Waals surface area contributed by atoms with Crippen molar-refractivity contribution in [2.45, 2.75) is 52.5 Å². The highest BCUT2D eigenvalue weighted by Gasteiger charge is 2.26. The summed E-state index contributed by atoms with van der Waals surface area (Å²) in [7, 11) is 0. The molecule has 84 valence electrons. The van der Waals surface area contributed by atoms with Crippen LogP contribution in [0.2, 0.25) is 0 Å². The average Bonchev–Trinajstić information content (AvgIpc) is 2.17. The molecule has 0 bridgehead atoms. The van der Waals surface area contributed by atoms with E-state index in [2.05, 4.69) is 31.4 Å². The molecule has 2 heteroatoms. The molecule has 1 saturated heterocycles. The lowest BCUT2D eigenvalue weighted by Gasteiger charge is -2.35. The number of piperidine rings is 1. The van der Waals surface area contributed by atoms with Crippen LogP contribution in [-0.2, 0) is 0 Å². The van der Waals surface area contributed by atoms with Crippen LogP contribution in [0.25, 0.3) is 0 Å². The topological polar surface area (TPSA) is 24.1 Å². The van der Waals surface area contributed by atoms with Gasteiger partial charge in [0, 0.05) is 12.6 Å². The first-order chi connectivity index (χ1) is 6.66. The van der Waals surface area contributed by atoms with Gasteiger partial charge in [0.15, 0.2) is 0 Å². The van der Waals surface area contributed by atoms with Gasteiger partial charge in [0.05, 0.1) is 0 Å². The third-order valence-electron chi connectivity index (χ3n) is 3.41. The number of nitrogens with one attached hydrogen (secondary N) is 2. The summed E-state index contributed by atoms with van der Waals surface area (Å²) in [5.74, 6) is 0. The molecule has 1 fully saturated rings. The molecule has 0 aromatic heterocycles. The van der Waals surface area contributed by atoms with Crippen molar-refractivity contribution in [1.29, 1.82) is 0 Å². The predicted molar refractivity (Wildman–Crippen MR) is 62.6 cm³/mol. The highest BCUT2D eigenvalue weighted by Crippen LogP contribution is 2.26. The molecule has 0 saturated carbocycles. The van der Waals surface area contributed by atoms with Gasteiger partial charge in [0.25, 0.3) is 0 Å². The van der Waals surface area contributed by atoms with Crippen LogP contribution in [0.15, 0.2) is 0 Å². The number of rotatable bonds is 5. The zero-order valence-electron chi connectivity index (χ0n) is 10.0. The van der Waals surface area contributed by atoms with Crippen molar-refractivity contribution in [3.05, 3.63) is 0 Å². The molecule has 2 N–H and O–H groups in total. The smallest absolute Gasteiger partial charge is 0.00388 e. The Kier molecular flexibility index (Phi) is 4.90. The molecule has 0 radical (unpaired) electrons. The minimum Gasteiger partial charge on any atom is -0.317 e.